The van der Waals surface area contributed by atoms with Crippen molar-refractivity contribution in [3.8, 4) is 5.82 Å². The third-order valence-corrected chi connectivity index (χ3v) is 4.92. The van der Waals surface area contributed by atoms with Crippen LogP contribution in [-0.4, -0.2) is 39.1 Å². The first-order valence-electron chi connectivity index (χ1n) is 9.27. The van der Waals surface area contributed by atoms with Gasteiger partial charge in [-0.25, -0.2) is 9.48 Å². The number of aryl methyl sites for hydroxylation is 2. The summed E-state index contributed by atoms with van der Waals surface area (Å²) in [6.07, 6.45) is 0. The molecule has 152 valence electrons. The van der Waals surface area contributed by atoms with Crippen molar-refractivity contribution in [2.45, 2.75) is 27.7 Å². The Morgan fingerprint density at radius 3 is 2.48 bits per heavy atom. The van der Waals surface area contributed by atoms with Gasteiger partial charge < -0.3 is 16.0 Å². The Labute approximate surface area is 174 Å². The summed E-state index contributed by atoms with van der Waals surface area (Å²) in [6, 6.07) is 8.83. The van der Waals surface area contributed by atoms with Gasteiger partial charge in [0, 0.05) is 18.8 Å². The van der Waals surface area contributed by atoms with E-state index in [4.69, 9.17) is 11.6 Å². The summed E-state index contributed by atoms with van der Waals surface area (Å²) in [4.78, 5) is 12.0. The number of hydrogen-bond donors (Lipinski definition) is 3. The van der Waals surface area contributed by atoms with Gasteiger partial charge in [0.05, 0.1) is 16.4 Å². The highest BCUT2D eigenvalue weighted by atomic mass is 35.5. The Hall–Kier alpha value is -3.13. The zero-order chi connectivity index (χ0) is 21.0. The molecule has 8 nitrogen and oxygen atoms in total. The fourth-order valence-corrected chi connectivity index (χ4v) is 3.01. The third-order valence-electron chi connectivity index (χ3n) is 4.61. The van der Waals surface area contributed by atoms with E-state index in [0.717, 1.165) is 22.5 Å². The smallest absolute Gasteiger partial charge is 0.319 e. The molecular weight excluding hydrogens is 390 g/mol. The van der Waals surface area contributed by atoms with Crippen molar-refractivity contribution in [3.63, 3.8) is 0 Å². The van der Waals surface area contributed by atoms with Crippen molar-refractivity contribution in [1.29, 1.82) is 0 Å². The SMILES string of the molecule is Cc1ccc(NC(=O)NCCNc2ccc(-n3nc(C)c(C)c3C)nn2)c(Cl)c1. The average molecular weight is 414 g/mol. The summed E-state index contributed by atoms with van der Waals surface area (Å²) in [5.41, 5.74) is 4.77. The average Bonchev–Trinajstić information content (AvgIpc) is 2.95. The minimum absolute atomic E-state index is 0.320. The number of carbonyl (C=O) groups excluding carboxylic acids is 1. The van der Waals surface area contributed by atoms with Gasteiger partial charge in [-0.2, -0.15) is 5.10 Å². The molecular formula is C20H24ClN7O. The Balaban J connectivity index is 1.47. The molecule has 2 heterocycles. The standard InChI is InChI=1S/C20H24ClN7O/c1-12-5-6-17(16(21)11-12)24-20(29)23-10-9-22-18-7-8-19(26-25-18)28-15(4)13(2)14(3)27-28/h5-8,11H,9-10H2,1-4H3,(H,22,25)(H2,23,24,29). The Morgan fingerprint density at radius 2 is 1.86 bits per heavy atom. The van der Waals surface area contributed by atoms with Crippen LogP contribution in [0.5, 0.6) is 0 Å². The summed E-state index contributed by atoms with van der Waals surface area (Å²) in [6.45, 7) is 8.86. The third kappa shape index (κ3) is 5.03. The lowest BCUT2D eigenvalue weighted by atomic mass is 10.2. The zero-order valence-electron chi connectivity index (χ0n) is 16.9. The summed E-state index contributed by atoms with van der Waals surface area (Å²) in [5, 5.41) is 22.0. The van der Waals surface area contributed by atoms with Gasteiger partial charge in [0.2, 0.25) is 0 Å². The molecule has 3 aromatic rings. The van der Waals surface area contributed by atoms with Crippen LogP contribution in [0.15, 0.2) is 30.3 Å². The van der Waals surface area contributed by atoms with Crippen LogP contribution in [0.2, 0.25) is 5.02 Å². The van der Waals surface area contributed by atoms with Crippen molar-refractivity contribution in [2.75, 3.05) is 23.7 Å². The summed E-state index contributed by atoms with van der Waals surface area (Å²) < 4.78 is 1.78. The highest BCUT2D eigenvalue weighted by Crippen LogP contribution is 2.22. The first kappa shape index (κ1) is 20.6. The Kier molecular flexibility index (Phi) is 6.33. The van der Waals surface area contributed by atoms with E-state index in [0.29, 0.717) is 35.4 Å². The molecule has 1 aromatic carbocycles. The largest absolute Gasteiger partial charge is 0.367 e. The molecule has 29 heavy (non-hydrogen) atoms. The number of nitrogens with zero attached hydrogens (tertiary/aromatic N) is 4. The van der Waals surface area contributed by atoms with Gasteiger partial charge in [-0.1, -0.05) is 17.7 Å². The second-order valence-electron chi connectivity index (χ2n) is 6.78. The molecule has 2 amide bonds. The number of nitrogens with one attached hydrogen (secondary N) is 3. The van der Waals surface area contributed by atoms with E-state index in [1.165, 1.54) is 0 Å². The van der Waals surface area contributed by atoms with Crippen molar-refractivity contribution in [2.24, 2.45) is 0 Å². The molecule has 2 aromatic heterocycles. The highest BCUT2D eigenvalue weighted by molar-refractivity contribution is 6.33. The molecule has 3 N–H and O–H groups in total. The molecule has 3 rings (SSSR count). The lowest BCUT2D eigenvalue weighted by Gasteiger charge is -2.10. The van der Waals surface area contributed by atoms with Crippen molar-refractivity contribution >= 4 is 29.1 Å². The van der Waals surface area contributed by atoms with Gasteiger partial charge in [0.25, 0.3) is 0 Å². The summed E-state index contributed by atoms with van der Waals surface area (Å²) in [5.74, 6) is 1.28. The van der Waals surface area contributed by atoms with E-state index < -0.39 is 0 Å². The minimum atomic E-state index is -0.320. The number of anilines is 2. The Morgan fingerprint density at radius 1 is 1.07 bits per heavy atom. The molecule has 0 saturated carbocycles. The van der Waals surface area contributed by atoms with Crippen molar-refractivity contribution in [1.82, 2.24) is 25.3 Å². The zero-order valence-corrected chi connectivity index (χ0v) is 17.6. The lowest BCUT2D eigenvalue weighted by Crippen LogP contribution is -2.32. The van der Waals surface area contributed by atoms with Crippen LogP contribution < -0.4 is 16.0 Å². The number of amides is 2. The minimum Gasteiger partial charge on any atom is -0.367 e. The number of halogens is 1. The maximum absolute atomic E-state index is 12.0. The van der Waals surface area contributed by atoms with E-state index in [9.17, 15) is 4.79 Å². The summed E-state index contributed by atoms with van der Waals surface area (Å²) >= 11 is 6.12. The van der Waals surface area contributed by atoms with Crippen LogP contribution in [0.4, 0.5) is 16.3 Å². The van der Waals surface area contributed by atoms with E-state index in [-0.39, 0.29) is 6.03 Å². The van der Waals surface area contributed by atoms with Crippen LogP contribution in [0, 0.1) is 27.7 Å². The molecule has 0 aliphatic heterocycles. The van der Waals surface area contributed by atoms with Gasteiger partial charge in [0.15, 0.2) is 5.82 Å². The maximum Gasteiger partial charge on any atom is 0.319 e. The van der Waals surface area contributed by atoms with Gasteiger partial charge in [-0.3, -0.25) is 0 Å². The van der Waals surface area contributed by atoms with E-state index >= 15 is 0 Å². The fourth-order valence-electron chi connectivity index (χ4n) is 2.73. The second-order valence-corrected chi connectivity index (χ2v) is 7.18. The van der Waals surface area contributed by atoms with Crippen LogP contribution in [-0.2, 0) is 0 Å². The normalized spacial score (nSPS) is 10.7. The van der Waals surface area contributed by atoms with E-state index in [2.05, 4.69) is 31.2 Å². The molecule has 0 saturated heterocycles. The van der Waals surface area contributed by atoms with E-state index in [1.807, 2.05) is 45.9 Å². The second kappa shape index (κ2) is 8.91. The predicted molar refractivity (Wildman–Crippen MR) is 115 cm³/mol. The molecule has 0 aliphatic carbocycles. The monoisotopic (exact) mass is 413 g/mol. The van der Waals surface area contributed by atoms with Crippen molar-refractivity contribution < 1.29 is 4.79 Å². The molecule has 0 radical (unpaired) electrons. The number of rotatable bonds is 6. The van der Waals surface area contributed by atoms with Crippen LogP contribution in [0.3, 0.4) is 0 Å². The maximum atomic E-state index is 12.0. The number of carbonyl (C=O) groups is 1. The first-order chi connectivity index (χ1) is 13.8. The topological polar surface area (TPSA) is 96.8 Å². The predicted octanol–water partition coefficient (Wildman–Crippen LogP) is 3.78. The van der Waals surface area contributed by atoms with Crippen LogP contribution >= 0.6 is 11.6 Å². The molecule has 9 heteroatoms. The quantitative estimate of drug-likeness (QED) is 0.534. The van der Waals surface area contributed by atoms with Gasteiger partial charge >= 0.3 is 6.03 Å². The Bertz CT molecular complexity index is 1010. The highest BCUT2D eigenvalue weighted by Gasteiger charge is 2.10. The van der Waals surface area contributed by atoms with Gasteiger partial charge in [0.1, 0.15) is 5.82 Å². The van der Waals surface area contributed by atoms with Crippen molar-refractivity contribution in [3.05, 3.63) is 57.9 Å². The molecule has 0 bridgehead atoms. The molecule has 0 aliphatic rings. The lowest BCUT2D eigenvalue weighted by molar-refractivity contribution is 0.252. The molecule has 0 unspecified atom stereocenters. The van der Waals surface area contributed by atoms with Gasteiger partial charge in [-0.05, 0) is 63.1 Å². The van der Waals surface area contributed by atoms with E-state index in [1.54, 1.807) is 16.8 Å². The number of aromatic nitrogens is 4. The first-order valence-corrected chi connectivity index (χ1v) is 9.64. The summed E-state index contributed by atoms with van der Waals surface area (Å²) in [7, 11) is 0. The van der Waals surface area contributed by atoms with Crippen LogP contribution in [0.1, 0.15) is 22.5 Å². The molecule has 0 spiro atoms. The van der Waals surface area contributed by atoms with Crippen LogP contribution in [0.25, 0.3) is 5.82 Å². The molecule has 0 fully saturated rings. The van der Waals surface area contributed by atoms with Gasteiger partial charge in [-0.15, -0.1) is 10.2 Å². The fraction of sp³-hybridized carbons (Fsp3) is 0.300. The number of urea groups is 1. The molecule has 0 atom stereocenters. The number of hydrogen-bond acceptors (Lipinski definition) is 5. The number of benzene rings is 1.